The summed E-state index contributed by atoms with van der Waals surface area (Å²) in [6.45, 7) is 2.76. The lowest BCUT2D eigenvalue weighted by Crippen LogP contribution is -2.43. The molecule has 0 saturated carbocycles. The van der Waals surface area contributed by atoms with Crippen molar-refractivity contribution in [3.63, 3.8) is 0 Å². The summed E-state index contributed by atoms with van der Waals surface area (Å²) in [5.74, 6) is 0.751. The number of rotatable bonds is 8. The van der Waals surface area contributed by atoms with E-state index in [1.54, 1.807) is 24.3 Å². The van der Waals surface area contributed by atoms with Gasteiger partial charge in [0.15, 0.2) is 0 Å². The summed E-state index contributed by atoms with van der Waals surface area (Å²) in [6, 6.07) is 6.42. The molecule has 0 saturated heterocycles. The smallest absolute Gasteiger partial charge is 0.332 e. The van der Waals surface area contributed by atoms with Gasteiger partial charge in [-0.1, -0.05) is 37.6 Å². The molecule has 8 heteroatoms. The molecule has 1 aromatic heterocycles. The van der Waals surface area contributed by atoms with Crippen LogP contribution in [0.4, 0.5) is 11.4 Å². The zero-order valence-corrected chi connectivity index (χ0v) is 18.1. The van der Waals surface area contributed by atoms with Crippen molar-refractivity contribution in [2.45, 2.75) is 56.9 Å². The molecule has 170 valence electrons. The van der Waals surface area contributed by atoms with Gasteiger partial charge < -0.3 is 20.3 Å². The zero-order chi connectivity index (χ0) is 22.7. The first-order valence-corrected chi connectivity index (χ1v) is 11.1. The number of aromatic nitrogens is 2. The summed E-state index contributed by atoms with van der Waals surface area (Å²) in [7, 11) is 0. The Bertz CT molecular complexity index is 1120. The van der Waals surface area contributed by atoms with Gasteiger partial charge >= 0.3 is 5.69 Å². The van der Waals surface area contributed by atoms with Crippen molar-refractivity contribution < 1.29 is 14.9 Å². The van der Waals surface area contributed by atoms with Gasteiger partial charge in [0.2, 0.25) is 0 Å². The molecule has 2 aromatic rings. The summed E-state index contributed by atoms with van der Waals surface area (Å²) in [6.07, 6.45) is 9.56. The minimum absolute atomic E-state index is 0.244. The SMILES string of the molecule is CCCCOc1ccc(Nc2cn(C3C=CC(O)C3)c(=O)n(C3C=CC(O)C3)c2=O)cc1. The lowest BCUT2D eigenvalue weighted by atomic mass is 10.2. The van der Waals surface area contributed by atoms with E-state index in [2.05, 4.69) is 12.2 Å². The van der Waals surface area contributed by atoms with Crippen LogP contribution in [0.1, 0.15) is 44.7 Å². The van der Waals surface area contributed by atoms with Gasteiger partial charge in [-0.2, -0.15) is 0 Å². The number of ether oxygens (including phenoxy) is 1. The molecule has 0 aliphatic heterocycles. The van der Waals surface area contributed by atoms with Gasteiger partial charge in [-0.25, -0.2) is 4.79 Å². The Balaban J connectivity index is 1.67. The molecule has 0 amide bonds. The molecule has 0 spiro atoms. The fraction of sp³-hybridized carbons (Fsp3) is 0.417. The number of unbranched alkanes of at least 4 members (excludes halogenated alkanes) is 1. The largest absolute Gasteiger partial charge is 0.494 e. The Kier molecular flexibility index (Phi) is 6.62. The number of aliphatic hydroxyl groups is 2. The molecule has 3 N–H and O–H groups in total. The molecule has 4 unspecified atom stereocenters. The topological polar surface area (TPSA) is 106 Å². The van der Waals surface area contributed by atoms with Crippen LogP contribution in [0.15, 0.2) is 64.4 Å². The first-order valence-electron chi connectivity index (χ1n) is 11.1. The van der Waals surface area contributed by atoms with E-state index in [1.807, 2.05) is 24.3 Å². The van der Waals surface area contributed by atoms with E-state index < -0.39 is 29.5 Å². The molecule has 4 rings (SSSR count). The van der Waals surface area contributed by atoms with Crippen molar-refractivity contribution in [3.05, 3.63) is 75.6 Å². The van der Waals surface area contributed by atoms with Crippen LogP contribution in [-0.2, 0) is 0 Å². The van der Waals surface area contributed by atoms with E-state index >= 15 is 0 Å². The van der Waals surface area contributed by atoms with Gasteiger partial charge in [0.05, 0.1) is 30.9 Å². The first-order chi connectivity index (χ1) is 15.5. The number of hydrogen-bond donors (Lipinski definition) is 3. The normalized spacial score (nSPS) is 24.2. The number of nitrogens with one attached hydrogen (secondary N) is 1. The summed E-state index contributed by atoms with van der Waals surface area (Å²) < 4.78 is 8.33. The van der Waals surface area contributed by atoms with E-state index in [1.165, 1.54) is 15.3 Å². The third-order valence-electron chi connectivity index (χ3n) is 5.81. The van der Waals surface area contributed by atoms with Crippen molar-refractivity contribution in [1.82, 2.24) is 9.13 Å². The maximum absolute atomic E-state index is 13.2. The standard InChI is InChI=1S/C24H29N3O5/c1-2-3-12-32-21-10-4-16(5-11-21)25-22-15-26(17-6-8-19(28)13-17)24(31)27(23(22)30)18-7-9-20(29)14-18/h4-11,15,17-20,25,28-29H,2-3,12-14H2,1H3. The predicted octanol–water partition coefficient (Wildman–Crippen LogP) is 2.66. The lowest BCUT2D eigenvalue weighted by molar-refractivity contribution is 0.205. The third kappa shape index (κ3) is 4.71. The Morgan fingerprint density at radius 1 is 1.00 bits per heavy atom. The van der Waals surface area contributed by atoms with Crippen LogP contribution < -0.4 is 21.3 Å². The summed E-state index contributed by atoms with van der Waals surface area (Å²) >= 11 is 0. The minimum Gasteiger partial charge on any atom is -0.494 e. The second-order valence-electron chi connectivity index (χ2n) is 8.27. The highest BCUT2D eigenvalue weighted by molar-refractivity contribution is 5.59. The summed E-state index contributed by atoms with van der Waals surface area (Å²) in [5, 5.41) is 22.9. The highest BCUT2D eigenvalue weighted by Crippen LogP contribution is 2.25. The fourth-order valence-electron chi connectivity index (χ4n) is 4.05. The molecule has 1 heterocycles. The van der Waals surface area contributed by atoms with Gasteiger partial charge in [-0.15, -0.1) is 0 Å². The van der Waals surface area contributed by atoms with Crippen LogP contribution in [0.2, 0.25) is 0 Å². The molecule has 4 atom stereocenters. The average Bonchev–Trinajstić information content (AvgIpc) is 3.40. The molecule has 32 heavy (non-hydrogen) atoms. The van der Waals surface area contributed by atoms with Gasteiger partial charge in [0, 0.05) is 24.7 Å². The monoisotopic (exact) mass is 439 g/mol. The van der Waals surface area contributed by atoms with E-state index in [9.17, 15) is 19.8 Å². The fourth-order valence-corrected chi connectivity index (χ4v) is 4.05. The average molecular weight is 440 g/mol. The molecular formula is C24H29N3O5. The number of benzene rings is 1. The number of hydrogen-bond acceptors (Lipinski definition) is 6. The Hall–Kier alpha value is -3.10. The van der Waals surface area contributed by atoms with Gasteiger partial charge in [0.1, 0.15) is 11.4 Å². The summed E-state index contributed by atoms with van der Waals surface area (Å²) in [5.41, 5.74) is 0.00744. The molecular weight excluding hydrogens is 410 g/mol. The zero-order valence-electron chi connectivity index (χ0n) is 18.1. The van der Waals surface area contributed by atoms with Crippen LogP contribution in [-0.4, -0.2) is 38.2 Å². The molecule has 2 aliphatic carbocycles. The maximum atomic E-state index is 13.2. The highest BCUT2D eigenvalue weighted by Gasteiger charge is 2.27. The van der Waals surface area contributed by atoms with Gasteiger partial charge in [0.25, 0.3) is 5.56 Å². The molecule has 8 nitrogen and oxygen atoms in total. The van der Waals surface area contributed by atoms with Crippen LogP contribution in [0.5, 0.6) is 5.75 Å². The quantitative estimate of drug-likeness (QED) is 0.431. The molecule has 1 aromatic carbocycles. The van der Waals surface area contributed by atoms with Crippen molar-refractivity contribution in [2.75, 3.05) is 11.9 Å². The molecule has 0 radical (unpaired) electrons. The second-order valence-corrected chi connectivity index (χ2v) is 8.27. The molecule has 2 aliphatic rings. The summed E-state index contributed by atoms with van der Waals surface area (Å²) in [4.78, 5) is 26.4. The van der Waals surface area contributed by atoms with Crippen molar-refractivity contribution in [1.29, 1.82) is 0 Å². The van der Waals surface area contributed by atoms with E-state index in [4.69, 9.17) is 4.74 Å². The Labute approximate surface area is 186 Å². The van der Waals surface area contributed by atoms with E-state index in [0.29, 0.717) is 18.7 Å². The minimum atomic E-state index is -0.690. The van der Waals surface area contributed by atoms with Gasteiger partial charge in [-0.05, 0) is 30.7 Å². The van der Waals surface area contributed by atoms with Crippen molar-refractivity contribution in [2.24, 2.45) is 0 Å². The number of nitrogens with zero attached hydrogens (tertiary/aromatic N) is 2. The number of anilines is 2. The second kappa shape index (κ2) is 9.58. The van der Waals surface area contributed by atoms with Gasteiger partial charge in [-0.3, -0.25) is 13.9 Å². The first kappa shape index (κ1) is 22.1. The molecule has 0 fully saturated rings. The Morgan fingerprint density at radius 2 is 1.66 bits per heavy atom. The Morgan fingerprint density at radius 3 is 2.25 bits per heavy atom. The van der Waals surface area contributed by atoms with E-state index in [0.717, 1.165) is 18.6 Å². The van der Waals surface area contributed by atoms with E-state index in [-0.39, 0.29) is 18.2 Å². The highest BCUT2D eigenvalue weighted by atomic mass is 16.5. The maximum Gasteiger partial charge on any atom is 0.332 e. The van der Waals surface area contributed by atoms with Crippen LogP contribution in [0.25, 0.3) is 0 Å². The number of allylic oxidation sites excluding steroid dienone is 2. The van der Waals surface area contributed by atoms with Crippen molar-refractivity contribution in [3.8, 4) is 5.75 Å². The van der Waals surface area contributed by atoms with Crippen LogP contribution in [0, 0.1) is 0 Å². The molecule has 0 bridgehead atoms. The third-order valence-corrected chi connectivity index (χ3v) is 5.81. The predicted molar refractivity (Wildman–Crippen MR) is 123 cm³/mol. The van der Waals surface area contributed by atoms with Crippen molar-refractivity contribution >= 4 is 11.4 Å². The van der Waals surface area contributed by atoms with Crippen LogP contribution >= 0.6 is 0 Å². The van der Waals surface area contributed by atoms with Crippen LogP contribution in [0.3, 0.4) is 0 Å². The lowest BCUT2D eigenvalue weighted by Gasteiger charge is -2.20. The number of aliphatic hydroxyl groups excluding tert-OH is 2.